The summed E-state index contributed by atoms with van der Waals surface area (Å²) in [7, 11) is 0. The summed E-state index contributed by atoms with van der Waals surface area (Å²) in [6.07, 6.45) is 0. The first-order valence-corrected chi connectivity index (χ1v) is 4.41. The highest BCUT2D eigenvalue weighted by atomic mass is 32.1. The molecule has 2 aliphatic rings. The Labute approximate surface area is 73.4 Å². The van der Waals surface area contributed by atoms with Crippen molar-refractivity contribution in [3.8, 4) is 11.1 Å². The van der Waals surface area contributed by atoms with E-state index in [-0.39, 0.29) is 0 Å². The molecule has 0 amide bonds. The van der Waals surface area contributed by atoms with Crippen LogP contribution in [-0.2, 0) is 0 Å². The molecule has 60 valence electrons. The quantitative estimate of drug-likeness (QED) is 0.728. The molecular formula is C9H6O2S. The van der Waals surface area contributed by atoms with Gasteiger partial charge in [0.1, 0.15) is 0 Å². The predicted octanol–water partition coefficient (Wildman–Crippen LogP) is 2.55. The van der Waals surface area contributed by atoms with E-state index in [1.54, 1.807) is 23.5 Å². The molecule has 2 rings (SSSR count). The molecule has 0 saturated heterocycles. The van der Waals surface area contributed by atoms with Crippen LogP contribution in [0.4, 0.5) is 0 Å². The summed E-state index contributed by atoms with van der Waals surface area (Å²) in [5.74, 6) is -0.865. The van der Waals surface area contributed by atoms with Gasteiger partial charge in [0.05, 0.1) is 5.56 Å². The number of aromatic carboxylic acids is 1. The highest BCUT2D eigenvalue weighted by molar-refractivity contribution is 7.07. The summed E-state index contributed by atoms with van der Waals surface area (Å²) >= 11 is 1.56. The molecule has 1 aliphatic heterocycles. The highest BCUT2D eigenvalue weighted by Gasteiger charge is 2.09. The Morgan fingerprint density at radius 3 is 2.75 bits per heavy atom. The molecule has 0 spiro atoms. The van der Waals surface area contributed by atoms with Crippen LogP contribution in [-0.4, -0.2) is 11.1 Å². The molecular weight excluding hydrogens is 172 g/mol. The minimum absolute atomic E-state index is 0.364. The lowest BCUT2D eigenvalue weighted by atomic mass is 10.2. The number of hydrogen-bond donors (Lipinski definition) is 1. The summed E-state index contributed by atoms with van der Waals surface area (Å²) in [6.45, 7) is 0. The van der Waals surface area contributed by atoms with Crippen LogP contribution >= 0.6 is 11.3 Å². The number of carboxylic acids is 1. The zero-order valence-corrected chi connectivity index (χ0v) is 6.97. The molecule has 1 heterocycles. The zero-order valence-electron chi connectivity index (χ0n) is 6.15. The smallest absolute Gasteiger partial charge is 0.335 e. The molecule has 0 aromatic rings. The molecule has 12 heavy (non-hydrogen) atoms. The van der Waals surface area contributed by atoms with Crippen LogP contribution in [0.5, 0.6) is 0 Å². The number of rotatable bonds is 1. The van der Waals surface area contributed by atoms with Crippen molar-refractivity contribution in [1.82, 2.24) is 0 Å². The van der Waals surface area contributed by atoms with Gasteiger partial charge < -0.3 is 5.11 Å². The summed E-state index contributed by atoms with van der Waals surface area (Å²) in [6, 6.07) is 5.30. The SMILES string of the molecule is O=C(O)c1cc2ccscc-2c1. The normalized spacial score (nSPS) is 10.3. The molecule has 0 bridgehead atoms. The second-order valence-corrected chi connectivity index (χ2v) is 3.30. The van der Waals surface area contributed by atoms with Crippen molar-refractivity contribution in [2.45, 2.75) is 0 Å². The third kappa shape index (κ3) is 1.08. The standard InChI is InChI=1S/C9H6O2S/c10-9(11)7-3-6-1-2-12-5-8(6)4-7/h1-5H,(H,10,11). The third-order valence-electron chi connectivity index (χ3n) is 1.72. The van der Waals surface area contributed by atoms with Crippen molar-refractivity contribution in [2.75, 3.05) is 0 Å². The molecule has 0 radical (unpaired) electrons. The van der Waals surface area contributed by atoms with Crippen molar-refractivity contribution in [3.63, 3.8) is 0 Å². The van der Waals surface area contributed by atoms with Crippen molar-refractivity contribution in [3.05, 3.63) is 34.5 Å². The van der Waals surface area contributed by atoms with Crippen molar-refractivity contribution in [2.24, 2.45) is 0 Å². The highest BCUT2D eigenvalue weighted by Crippen LogP contribution is 2.26. The molecule has 0 fully saturated rings. The van der Waals surface area contributed by atoms with E-state index >= 15 is 0 Å². The Morgan fingerprint density at radius 2 is 2.08 bits per heavy atom. The van der Waals surface area contributed by atoms with Crippen molar-refractivity contribution >= 4 is 17.3 Å². The van der Waals surface area contributed by atoms with E-state index in [4.69, 9.17) is 5.11 Å². The van der Waals surface area contributed by atoms with Crippen LogP contribution in [0, 0.1) is 0 Å². The van der Waals surface area contributed by atoms with E-state index in [2.05, 4.69) is 0 Å². The monoisotopic (exact) mass is 178 g/mol. The van der Waals surface area contributed by atoms with Crippen LogP contribution < -0.4 is 0 Å². The largest absolute Gasteiger partial charge is 0.478 e. The van der Waals surface area contributed by atoms with Gasteiger partial charge in [0.2, 0.25) is 0 Å². The maximum Gasteiger partial charge on any atom is 0.335 e. The molecule has 0 aromatic carbocycles. The van der Waals surface area contributed by atoms with Gasteiger partial charge in [0, 0.05) is 0 Å². The maximum atomic E-state index is 10.6. The molecule has 0 saturated carbocycles. The molecule has 3 heteroatoms. The third-order valence-corrected chi connectivity index (χ3v) is 2.41. The summed E-state index contributed by atoms with van der Waals surface area (Å²) in [5.41, 5.74) is 2.36. The second kappa shape index (κ2) is 2.60. The number of carbonyl (C=O) groups is 1. The van der Waals surface area contributed by atoms with E-state index in [1.165, 1.54) is 0 Å². The zero-order chi connectivity index (χ0) is 8.55. The van der Waals surface area contributed by atoms with Crippen molar-refractivity contribution < 1.29 is 9.90 Å². The minimum Gasteiger partial charge on any atom is -0.478 e. The van der Waals surface area contributed by atoms with E-state index in [0.717, 1.165) is 11.1 Å². The lowest BCUT2D eigenvalue weighted by molar-refractivity contribution is 0.0697. The Kier molecular flexibility index (Phi) is 1.59. The van der Waals surface area contributed by atoms with Crippen LogP contribution in [0.15, 0.2) is 29.0 Å². The van der Waals surface area contributed by atoms with Crippen LogP contribution in [0.1, 0.15) is 10.4 Å². The topological polar surface area (TPSA) is 37.3 Å². The van der Waals surface area contributed by atoms with Gasteiger partial charge in [-0.05, 0) is 40.1 Å². The Bertz CT molecular complexity index is 362. The van der Waals surface area contributed by atoms with Gasteiger partial charge in [-0.1, -0.05) is 0 Å². The molecule has 0 unspecified atom stereocenters. The predicted molar refractivity (Wildman–Crippen MR) is 47.9 cm³/mol. The fourth-order valence-electron chi connectivity index (χ4n) is 1.14. The van der Waals surface area contributed by atoms with Gasteiger partial charge in [0.15, 0.2) is 0 Å². The molecule has 0 aromatic heterocycles. The first kappa shape index (κ1) is 7.31. The summed E-state index contributed by atoms with van der Waals surface area (Å²) < 4.78 is 0. The molecule has 1 N–H and O–H groups in total. The van der Waals surface area contributed by atoms with E-state index < -0.39 is 5.97 Å². The van der Waals surface area contributed by atoms with Crippen LogP contribution in [0.2, 0.25) is 0 Å². The van der Waals surface area contributed by atoms with E-state index in [9.17, 15) is 4.79 Å². The summed E-state index contributed by atoms with van der Waals surface area (Å²) in [5, 5.41) is 12.6. The summed E-state index contributed by atoms with van der Waals surface area (Å²) in [4.78, 5) is 10.6. The van der Waals surface area contributed by atoms with Gasteiger partial charge in [-0.15, -0.1) is 0 Å². The molecule has 2 nitrogen and oxygen atoms in total. The number of hydrogen-bond acceptors (Lipinski definition) is 2. The first-order chi connectivity index (χ1) is 5.77. The van der Waals surface area contributed by atoms with Crippen LogP contribution in [0.3, 0.4) is 0 Å². The fourth-order valence-corrected chi connectivity index (χ4v) is 1.79. The Morgan fingerprint density at radius 1 is 1.33 bits per heavy atom. The minimum atomic E-state index is -0.865. The second-order valence-electron chi connectivity index (χ2n) is 2.52. The fraction of sp³-hybridized carbons (Fsp3) is 0. The average molecular weight is 178 g/mol. The van der Waals surface area contributed by atoms with Gasteiger partial charge in [-0.25, -0.2) is 4.79 Å². The van der Waals surface area contributed by atoms with Crippen LogP contribution in [0.25, 0.3) is 11.1 Å². The molecule has 1 aliphatic carbocycles. The van der Waals surface area contributed by atoms with E-state index in [1.807, 2.05) is 16.8 Å². The van der Waals surface area contributed by atoms with Gasteiger partial charge >= 0.3 is 5.97 Å². The Hall–Kier alpha value is -1.35. The first-order valence-electron chi connectivity index (χ1n) is 3.46. The Balaban J connectivity index is 2.63. The molecule has 0 atom stereocenters. The van der Waals surface area contributed by atoms with E-state index in [0.29, 0.717) is 5.56 Å². The van der Waals surface area contributed by atoms with Crippen molar-refractivity contribution in [1.29, 1.82) is 0 Å². The number of fused-ring (bicyclic) bond motifs is 1. The lowest BCUT2D eigenvalue weighted by Crippen LogP contribution is -1.91. The average Bonchev–Trinajstić information content (AvgIpc) is 2.46. The van der Waals surface area contributed by atoms with Gasteiger partial charge in [-0.2, -0.15) is 11.3 Å². The van der Waals surface area contributed by atoms with Gasteiger partial charge in [0.25, 0.3) is 0 Å². The van der Waals surface area contributed by atoms with Gasteiger partial charge in [-0.3, -0.25) is 0 Å². The number of carboxylic acid groups (broad SMARTS) is 1. The maximum absolute atomic E-state index is 10.6. The lowest BCUT2D eigenvalue weighted by Gasteiger charge is -1.91.